The van der Waals surface area contributed by atoms with Crippen molar-refractivity contribution in [2.24, 2.45) is 0 Å². The van der Waals surface area contributed by atoms with Crippen molar-refractivity contribution < 1.29 is 13.5 Å². The number of hydrogen-bond acceptors (Lipinski definition) is 4. The average Bonchev–Trinajstić information content (AvgIpc) is 2.53. The Hall–Kier alpha value is -1.56. The molecule has 2 N–H and O–H groups in total. The number of hydrogen-bond donors (Lipinski definition) is 2. The number of anilines is 1. The van der Waals surface area contributed by atoms with Gasteiger partial charge in [-0.3, -0.25) is 0 Å². The minimum atomic E-state index is -3.19. The molecule has 22 heavy (non-hydrogen) atoms. The molecule has 0 bridgehead atoms. The zero-order valence-corrected chi connectivity index (χ0v) is 13.7. The van der Waals surface area contributed by atoms with E-state index in [1.165, 1.54) is 0 Å². The molecular weight excluding hydrogens is 322 g/mol. The second kappa shape index (κ2) is 7.13. The lowest BCUT2D eigenvalue weighted by molar-refractivity contribution is 0.192. The van der Waals surface area contributed by atoms with Crippen molar-refractivity contribution in [3.63, 3.8) is 0 Å². The molecule has 2 rings (SSSR count). The van der Waals surface area contributed by atoms with Crippen molar-refractivity contribution in [1.29, 1.82) is 0 Å². The van der Waals surface area contributed by atoms with Crippen LogP contribution in [0.2, 0.25) is 5.02 Å². The van der Waals surface area contributed by atoms with Gasteiger partial charge in [0.05, 0.1) is 16.8 Å². The van der Waals surface area contributed by atoms with E-state index in [1.54, 1.807) is 49.4 Å². The number of aliphatic hydroxyl groups excluding tert-OH is 1. The van der Waals surface area contributed by atoms with E-state index in [4.69, 9.17) is 11.6 Å². The Balaban J connectivity index is 2.02. The largest absolute Gasteiger partial charge is 0.387 e. The highest BCUT2D eigenvalue weighted by Gasteiger charge is 2.12. The van der Waals surface area contributed by atoms with Crippen molar-refractivity contribution in [1.82, 2.24) is 0 Å². The van der Waals surface area contributed by atoms with E-state index in [1.807, 2.05) is 6.07 Å². The van der Waals surface area contributed by atoms with Gasteiger partial charge in [-0.1, -0.05) is 36.7 Å². The minimum Gasteiger partial charge on any atom is -0.387 e. The van der Waals surface area contributed by atoms with Crippen LogP contribution >= 0.6 is 11.6 Å². The summed E-state index contributed by atoms with van der Waals surface area (Å²) in [5, 5.41) is 13.7. The Morgan fingerprint density at radius 3 is 2.36 bits per heavy atom. The van der Waals surface area contributed by atoms with Crippen LogP contribution in [0.1, 0.15) is 18.6 Å². The summed E-state index contributed by atoms with van der Waals surface area (Å²) in [5.74, 6) is 0.0744. The maximum Gasteiger partial charge on any atom is 0.178 e. The summed E-state index contributed by atoms with van der Waals surface area (Å²) in [6.07, 6.45) is -0.743. The van der Waals surface area contributed by atoms with E-state index in [9.17, 15) is 13.5 Å². The van der Waals surface area contributed by atoms with Gasteiger partial charge in [-0.15, -0.1) is 0 Å². The van der Waals surface area contributed by atoms with E-state index in [0.29, 0.717) is 15.5 Å². The normalized spacial score (nSPS) is 12.9. The fraction of sp³-hybridized carbons (Fsp3) is 0.250. The van der Waals surface area contributed by atoms with Crippen LogP contribution in [0.25, 0.3) is 0 Å². The van der Waals surface area contributed by atoms with Gasteiger partial charge in [-0.2, -0.15) is 0 Å². The number of benzene rings is 2. The summed E-state index contributed by atoms with van der Waals surface area (Å²) in [6, 6.07) is 13.6. The number of nitrogens with one attached hydrogen (secondary N) is 1. The van der Waals surface area contributed by atoms with Gasteiger partial charge in [-0.25, -0.2) is 8.42 Å². The first-order valence-electron chi connectivity index (χ1n) is 6.93. The molecule has 0 radical (unpaired) electrons. The maximum atomic E-state index is 11.7. The number of rotatable bonds is 6. The van der Waals surface area contributed by atoms with E-state index in [2.05, 4.69) is 5.32 Å². The Morgan fingerprint density at radius 2 is 1.77 bits per heavy atom. The molecule has 0 unspecified atom stereocenters. The van der Waals surface area contributed by atoms with Crippen molar-refractivity contribution in [2.75, 3.05) is 17.6 Å². The molecule has 0 aromatic heterocycles. The maximum absolute atomic E-state index is 11.7. The molecule has 4 nitrogen and oxygen atoms in total. The summed E-state index contributed by atoms with van der Waals surface area (Å²) in [5.41, 5.74) is 1.39. The first-order chi connectivity index (χ1) is 10.4. The van der Waals surface area contributed by atoms with Crippen LogP contribution in [0.3, 0.4) is 0 Å². The third-order valence-electron chi connectivity index (χ3n) is 3.36. The second-order valence-electron chi connectivity index (χ2n) is 4.85. The van der Waals surface area contributed by atoms with Gasteiger partial charge in [0.15, 0.2) is 9.84 Å². The first-order valence-corrected chi connectivity index (χ1v) is 8.96. The van der Waals surface area contributed by atoms with Crippen molar-refractivity contribution in [2.45, 2.75) is 17.9 Å². The lowest BCUT2D eigenvalue weighted by atomic mass is 10.1. The van der Waals surface area contributed by atoms with Crippen LogP contribution in [0, 0.1) is 0 Å². The number of halogens is 1. The van der Waals surface area contributed by atoms with Gasteiger partial charge in [0.2, 0.25) is 0 Å². The van der Waals surface area contributed by atoms with Crippen LogP contribution in [-0.4, -0.2) is 25.8 Å². The molecule has 0 saturated carbocycles. The molecule has 0 aliphatic rings. The Labute approximate surface area is 135 Å². The molecule has 118 valence electrons. The molecule has 0 amide bonds. The SMILES string of the molecule is CCS(=O)(=O)c1ccc(NC[C@H](O)c2ccccc2Cl)cc1. The van der Waals surface area contributed by atoms with Crippen LogP contribution in [0.4, 0.5) is 5.69 Å². The minimum absolute atomic E-state index is 0.0744. The molecule has 6 heteroatoms. The summed E-state index contributed by atoms with van der Waals surface area (Å²) in [7, 11) is -3.19. The molecule has 0 spiro atoms. The smallest absolute Gasteiger partial charge is 0.178 e. The zero-order valence-electron chi connectivity index (χ0n) is 12.2. The van der Waals surface area contributed by atoms with Gasteiger partial charge in [0.25, 0.3) is 0 Å². The Kier molecular flexibility index (Phi) is 5.45. The predicted molar refractivity (Wildman–Crippen MR) is 89.1 cm³/mol. The Bertz CT molecular complexity index is 729. The third kappa shape index (κ3) is 4.00. The molecule has 1 atom stereocenters. The summed E-state index contributed by atoms with van der Waals surface area (Å²) in [6.45, 7) is 1.89. The van der Waals surface area contributed by atoms with E-state index in [0.717, 1.165) is 5.69 Å². The molecule has 0 saturated heterocycles. The fourth-order valence-corrected chi connectivity index (χ4v) is 3.16. The van der Waals surface area contributed by atoms with Gasteiger partial charge in [0, 0.05) is 22.8 Å². The standard InChI is InChI=1S/C16H18ClNO3S/c1-2-22(20,21)13-9-7-12(8-10-13)18-11-16(19)14-5-3-4-6-15(14)17/h3-10,16,18-19H,2,11H2,1H3/t16-/m0/s1. The quantitative estimate of drug-likeness (QED) is 0.847. The van der Waals surface area contributed by atoms with Gasteiger partial charge >= 0.3 is 0 Å². The molecule has 0 aliphatic heterocycles. The fourth-order valence-electron chi connectivity index (χ4n) is 2.02. The van der Waals surface area contributed by atoms with Crippen molar-refractivity contribution in [3.8, 4) is 0 Å². The monoisotopic (exact) mass is 339 g/mol. The highest BCUT2D eigenvalue weighted by Crippen LogP contribution is 2.23. The van der Waals surface area contributed by atoms with Crippen molar-refractivity contribution in [3.05, 3.63) is 59.1 Å². The highest BCUT2D eigenvalue weighted by atomic mass is 35.5. The van der Waals surface area contributed by atoms with Crippen molar-refractivity contribution >= 4 is 27.1 Å². The van der Waals surface area contributed by atoms with Gasteiger partial charge < -0.3 is 10.4 Å². The average molecular weight is 340 g/mol. The Morgan fingerprint density at radius 1 is 1.14 bits per heavy atom. The lowest BCUT2D eigenvalue weighted by Crippen LogP contribution is -2.12. The number of sulfone groups is 1. The van der Waals surface area contributed by atoms with E-state index >= 15 is 0 Å². The zero-order chi connectivity index (χ0) is 16.2. The highest BCUT2D eigenvalue weighted by molar-refractivity contribution is 7.91. The summed E-state index contributed by atoms with van der Waals surface area (Å²) >= 11 is 6.03. The lowest BCUT2D eigenvalue weighted by Gasteiger charge is -2.14. The van der Waals surface area contributed by atoms with Gasteiger partial charge in [0.1, 0.15) is 0 Å². The van der Waals surface area contributed by atoms with Crippen LogP contribution in [0.15, 0.2) is 53.4 Å². The van der Waals surface area contributed by atoms with E-state index in [-0.39, 0.29) is 12.3 Å². The predicted octanol–water partition coefficient (Wildman–Crippen LogP) is 3.28. The molecule has 0 heterocycles. The van der Waals surface area contributed by atoms with E-state index < -0.39 is 15.9 Å². The first kappa shape index (κ1) is 16.8. The molecule has 2 aromatic carbocycles. The molecular formula is C16H18ClNO3S. The van der Waals surface area contributed by atoms with Gasteiger partial charge in [-0.05, 0) is 30.3 Å². The molecule has 0 aliphatic carbocycles. The third-order valence-corrected chi connectivity index (χ3v) is 5.45. The van der Waals surface area contributed by atoms with Crippen LogP contribution in [0.5, 0.6) is 0 Å². The van der Waals surface area contributed by atoms with Crippen LogP contribution in [-0.2, 0) is 9.84 Å². The molecule has 2 aromatic rings. The molecule has 0 fully saturated rings. The topological polar surface area (TPSA) is 66.4 Å². The summed E-state index contributed by atoms with van der Waals surface area (Å²) < 4.78 is 23.5. The van der Waals surface area contributed by atoms with Crippen LogP contribution < -0.4 is 5.32 Å². The number of aliphatic hydroxyl groups is 1. The summed E-state index contributed by atoms with van der Waals surface area (Å²) in [4.78, 5) is 0.298. The second-order valence-corrected chi connectivity index (χ2v) is 7.53.